The van der Waals surface area contributed by atoms with E-state index in [1.54, 1.807) is 7.11 Å². The third-order valence-electron chi connectivity index (χ3n) is 2.86. The predicted molar refractivity (Wildman–Crippen MR) is 62.1 cm³/mol. The molecule has 1 saturated carbocycles. The molecule has 1 N–H and O–H groups in total. The Morgan fingerprint density at radius 1 is 1.33 bits per heavy atom. The summed E-state index contributed by atoms with van der Waals surface area (Å²) in [5, 5.41) is 3.48. The molecule has 0 aromatic carbocycles. The monoisotopic (exact) mass is 215 g/mol. The predicted octanol–water partition coefficient (Wildman–Crippen LogP) is 1.82. The van der Waals surface area contributed by atoms with Crippen LogP contribution in [0.2, 0.25) is 0 Å². The Morgan fingerprint density at radius 2 is 2.13 bits per heavy atom. The third kappa shape index (κ3) is 6.88. The maximum Gasteiger partial charge on any atom is 0.0701 e. The quantitative estimate of drug-likeness (QED) is 0.564. The largest absolute Gasteiger partial charge is 0.382 e. The first-order valence-corrected chi connectivity index (χ1v) is 6.16. The van der Waals surface area contributed by atoms with Gasteiger partial charge in [0.05, 0.1) is 19.8 Å². The minimum atomic E-state index is 0.535. The van der Waals surface area contributed by atoms with Crippen LogP contribution in [-0.4, -0.2) is 39.5 Å². The van der Waals surface area contributed by atoms with Gasteiger partial charge in [-0.2, -0.15) is 0 Å². The Balaban J connectivity index is 1.99. The molecule has 0 heterocycles. The lowest BCUT2D eigenvalue weighted by atomic mass is 10.1. The Bertz CT molecular complexity index is 149. The Hall–Kier alpha value is -0.120. The highest BCUT2D eigenvalue weighted by molar-refractivity contribution is 4.76. The van der Waals surface area contributed by atoms with Crippen LogP contribution in [-0.2, 0) is 9.47 Å². The fourth-order valence-corrected chi connectivity index (χ4v) is 1.74. The molecule has 1 atom stereocenters. The second-order valence-corrected chi connectivity index (χ2v) is 4.34. The molecule has 0 aromatic rings. The van der Waals surface area contributed by atoms with Crippen molar-refractivity contribution in [1.29, 1.82) is 0 Å². The van der Waals surface area contributed by atoms with Crippen molar-refractivity contribution < 1.29 is 9.47 Å². The lowest BCUT2D eigenvalue weighted by Gasteiger charge is -2.17. The molecule has 1 aliphatic carbocycles. The van der Waals surface area contributed by atoms with Crippen LogP contribution in [0.25, 0.3) is 0 Å². The van der Waals surface area contributed by atoms with E-state index in [0.29, 0.717) is 19.3 Å². The van der Waals surface area contributed by atoms with Crippen molar-refractivity contribution in [2.45, 2.75) is 38.6 Å². The van der Waals surface area contributed by atoms with E-state index in [9.17, 15) is 0 Å². The van der Waals surface area contributed by atoms with Crippen molar-refractivity contribution in [3.8, 4) is 0 Å². The van der Waals surface area contributed by atoms with Crippen LogP contribution >= 0.6 is 0 Å². The lowest BCUT2D eigenvalue weighted by molar-refractivity contribution is 0.0572. The van der Waals surface area contributed by atoms with E-state index in [-0.39, 0.29) is 0 Å². The number of methoxy groups -OCH3 is 1. The van der Waals surface area contributed by atoms with Gasteiger partial charge in [-0.15, -0.1) is 0 Å². The van der Waals surface area contributed by atoms with Gasteiger partial charge in [-0.25, -0.2) is 0 Å². The number of hydrogen-bond acceptors (Lipinski definition) is 3. The molecular formula is C12H25NO2. The standard InChI is InChI=1S/C12H25NO2/c1-3-13-12(7-6-11-4-5-11)10-15-9-8-14-2/h11-13H,3-10H2,1-2H3. The molecule has 0 radical (unpaired) electrons. The normalized spacial score (nSPS) is 18.0. The fourth-order valence-electron chi connectivity index (χ4n) is 1.74. The first-order valence-electron chi connectivity index (χ1n) is 6.16. The second kappa shape index (κ2) is 8.08. The van der Waals surface area contributed by atoms with Gasteiger partial charge in [0.2, 0.25) is 0 Å². The Morgan fingerprint density at radius 3 is 2.73 bits per heavy atom. The van der Waals surface area contributed by atoms with Crippen molar-refractivity contribution in [3.05, 3.63) is 0 Å². The molecule has 3 heteroatoms. The highest BCUT2D eigenvalue weighted by atomic mass is 16.5. The number of likely N-dealkylation sites (N-methyl/N-ethyl adjacent to an activating group) is 1. The molecule has 0 aliphatic heterocycles. The molecular weight excluding hydrogens is 190 g/mol. The van der Waals surface area contributed by atoms with Crippen molar-refractivity contribution >= 4 is 0 Å². The maximum absolute atomic E-state index is 5.55. The van der Waals surface area contributed by atoms with Crippen LogP contribution < -0.4 is 5.32 Å². The summed E-state index contributed by atoms with van der Waals surface area (Å²) in [6.07, 6.45) is 5.52. The summed E-state index contributed by atoms with van der Waals surface area (Å²) in [5.41, 5.74) is 0. The van der Waals surface area contributed by atoms with Gasteiger partial charge < -0.3 is 14.8 Å². The summed E-state index contributed by atoms with van der Waals surface area (Å²) in [5.74, 6) is 1.02. The summed E-state index contributed by atoms with van der Waals surface area (Å²) in [6.45, 7) is 5.41. The molecule has 90 valence electrons. The van der Waals surface area contributed by atoms with Gasteiger partial charge in [0.25, 0.3) is 0 Å². The highest BCUT2D eigenvalue weighted by Crippen LogP contribution is 2.33. The van der Waals surface area contributed by atoms with Crippen molar-refractivity contribution in [3.63, 3.8) is 0 Å². The molecule has 1 aliphatic rings. The summed E-state index contributed by atoms with van der Waals surface area (Å²) >= 11 is 0. The Labute approximate surface area is 93.5 Å². The smallest absolute Gasteiger partial charge is 0.0701 e. The average Bonchev–Trinajstić information content (AvgIpc) is 3.04. The van der Waals surface area contributed by atoms with Gasteiger partial charge in [0, 0.05) is 13.2 Å². The minimum absolute atomic E-state index is 0.535. The van der Waals surface area contributed by atoms with Gasteiger partial charge in [-0.3, -0.25) is 0 Å². The topological polar surface area (TPSA) is 30.5 Å². The summed E-state index contributed by atoms with van der Waals surface area (Å²) < 4.78 is 10.5. The molecule has 1 rings (SSSR count). The lowest BCUT2D eigenvalue weighted by Crippen LogP contribution is -2.33. The van der Waals surface area contributed by atoms with Crippen LogP contribution in [0.3, 0.4) is 0 Å². The number of nitrogens with one attached hydrogen (secondary N) is 1. The summed E-state index contributed by atoms with van der Waals surface area (Å²) in [6, 6.07) is 0.535. The zero-order valence-corrected chi connectivity index (χ0v) is 10.1. The van der Waals surface area contributed by atoms with Crippen molar-refractivity contribution in [2.75, 3.05) is 33.5 Å². The van der Waals surface area contributed by atoms with Crippen LogP contribution in [0, 0.1) is 5.92 Å². The number of hydrogen-bond donors (Lipinski definition) is 1. The summed E-state index contributed by atoms with van der Waals surface area (Å²) in [7, 11) is 1.71. The van der Waals surface area contributed by atoms with Crippen LogP contribution in [0.5, 0.6) is 0 Å². The van der Waals surface area contributed by atoms with E-state index in [0.717, 1.165) is 19.1 Å². The molecule has 1 fully saturated rings. The van der Waals surface area contributed by atoms with Gasteiger partial charge in [-0.05, 0) is 25.3 Å². The molecule has 0 bridgehead atoms. The molecule has 0 spiro atoms. The molecule has 0 aromatic heterocycles. The fraction of sp³-hybridized carbons (Fsp3) is 1.00. The second-order valence-electron chi connectivity index (χ2n) is 4.34. The van der Waals surface area contributed by atoms with Gasteiger partial charge >= 0.3 is 0 Å². The zero-order valence-electron chi connectivity index (χ0n) is 10.1. The van der Waals surface area contributed by atoms with E-state index in [1.807, 2.05) is 0 Å². The van der Waals surface area contributed by atoms with Crippen molar-refractivity contribution in [1.82, 2.24) is 5.32 Å². The summed E-state index contributed by atoms with van der Waals surface area (Å²) in [4.78, 5) is 0. The molecule has 15 heavy (non-hydrogen) atoms. The van der Waals surface area contributed by atoms with E-state index in [2.05, 4.69) is 12.2 Å². The Kier molecular flexibility index (Phi) is 6.98. The van der Waals surface area contributed by atoms with E-state index in [1.165, 1.54) is 25.7 Å². The average molecular weight is 215 g/mol. The van der Waals surface area contributed by atoms with Crippen molar-refractivity contribution in [2.24, 2.45) is 5.92 Å². The third-order valence-corrected chi connectivity index (χ3v) is 2.86. The number of rotatable bonds is 10. The molecule has 0 amide bonds. The first kappa shape index (κ1) is 12.9. The maximum atomic E-state index is 5.55. The first-order chi connectivity index (χ1) is 7.36. The zero-order chi connectivity index (χ0) is 10.9. The van der Waals surface area contributed by atoms with Gasteiger partial charge in [0.15, 0.2) is 0 Å². The van der Waals surface area contributed by atoms with Gasteiger partial charge in [0.1, 0.15) is 0 Å². The highest BCUT2D eigenvalue weighted by Gasteiger charge is 2.22. The van der Waals surface area contributed by atoms with E-state index >= 15 is 0 Å². The molecule has 0 saturated heterocycles. The van der Waals surface area contributed by atoms with Crippen LogP contribution in [0.15, 0.2) is 0 Å². The van der Waals surface area contributed by atoms with Gasteiger partial charge in [-0.1, -0.05) is 19.8 Å². The SMILES string of the molecule is CCNC(CCC1CC1)COCCOC. The minimum Gasteiger partial charge on any atom is -0.382 e. The number of ether oxygens (including phenoxy) is 2. The molecule has 1 unspecified atom stereocenters. The van der Waals surface area contributed by atoms with E-state index in [4.69, 9.17) is 9.47 Å². The van der Waals surface area contributed by atoms with Crippen LogP contribution in [0.1, 0.15) is 32.6 Å². The van der Waals surface area contributed by atoms with Crippen LogP contribution in [0.4, 0.5) is 0 Å². The van der Waals surface area contributed by atoms with E-state index < -0.39 is 0 Å². The molecule has 3 nitrogen and oxygen atoms in total.